The van der Waals surface area contributed by atoms with E-state index in [0.717, 1.165) is 17.8 Å². The number of rotatable bonds is 10. The zero-order valence-electron chi connectivity index (χ0n) is 21.8. The van der Waals surface area contributed by atoms with Crippen molar-refractivity contribution < 1.29 is 33.7 Å². The first-order chi connectivity index (χ1) is 18.8. The number of ketones is 1. The molecule has 0 spiro atoms. The van der Waals surface area contributed by atoms with Gasteiger partial charge in [-0.1, -0.05) is 55.2 Å². The summed E-state index contributed by atoms with van der Waals surface area (Å²) in [5.41, 5.74) is 1.10. The molecule has 3 aromatic rings. The first-order valence-corrected chi connectivity index (χ1v) is 13.1. The molecule has 1 aromatic heterocycles. The molecule has 1 amide bonds. The molecule has 1 saturated heterocycles. The molecule has 0 saturated carbocycles. The number of aromatic nitrogens is 1. The third kappa shape index (κ3) is 5.56. The highest BCUT2D eigenvalue weighted by molar-refractivity contribution is 7.17. The van der Waals surface area contributed by atoms with Crippen molar-refractivity contribution in [2.45, 2.75) is 26.3 Å². The molecule has 1 N–H and O–H groups in total. The van der Waals surface area contributed by atoms with E-state index < -0.39 is 23.7 Å². The van der Waals surface area contributed by atoms with Gasteiger partial charge in [0.2, 0.25) is 0 Å². The number of aliphatic hydroxyl groups excluding tert-OH is 1. The van der Waals surface area contributed by atoms with Crippen molar-refractivity contribution in [1.82, 2.24) is 4.98 Å². The van der Waals surface area contributed by atoms with E-state index in [1.54, 1.807) is 55.5 Å². The summed E-state index contributed by atoms with van der Waals surface area (Å²) in [5, 5.41) is 11.5. The highest BCUT2D eigenvalue weighted by atomic mass is 32.1. The van der Waals surface area contributed by atoms with Crippen LogP contribution in [0.2, 0.25) is 0 Å². The highest BCUT2D eigenvalue weighted by Gasteiger charge is 2.48. The van der Waals surface area contributed by atoms with Crippen LogP contribution in [-0.2, 0) is 14.3 Å². The molecule has 0 bridgehead atoms. The van der Waals surface area contributed by atoms with Gasteiger partial charge in [0.05, 0.1) is 31.0 Å². The van der Waals surface area contributed by atoms with E-state index in [9.17, 15) is 19.5 Å². The van der Waals surface area contributed by atoms with E-state index in [4.69, 9.17) is 14.2 Å². The van der Waals surface area contributed by atoms with Gasteiger partial charge in [-0.25, -0.2) is 9.78 Å². The molecule has 0 aliphatic carbocycles. The van der Waals surface area contributed by atoms with Gasteiger partial charge in [0.15, 0.2) is 5.13 Å². The molecule has 1 atom stereocenters. The first kappa shape index (κ1) is 27.6. The van der Waals surface area contributed by atoms with Crippen molar-refractivity contribution in [3.63, 3.8) is 0 Å². The van der Waals surface area contributed by atoms with E-state index in [1.165, 1.54) is 18.1 Å². The van der Waals surface area contributed by atoms with Crippen LogP contribution < -0.4 is 14.4 Å². The second kappa shape index (κ2) is 12.0. The van der Waals surface area contributed by atoms with Crippen LogP contribution in [0.1, 0.15) is 45.9 Å². The number of hydrogen-bond acceptors (Lipinski definition) is 9. The van der Waals surface area contributed by atoms with Crippen molar-refractivity contribution in [1.29, 1.82) is 0 Å². The third-order valence-electron chi connectivity index (χ3n) is 5.97. The predicted molar refractivity (Wildman–Crippen MR) is 147 cm³/mol. The smallest absolute Gasteiger partial charge is 0.350 e. The third-order valence-corrected chi connectivity index (χ3v) is 7.10. The number of amides is 1. The fourth-order valence-electron chi connectivity index (χ4n) is 4.11. The van der Waals surface area contributed by atoms with Crippen LogP contribution in [0, 0.1) is 6.92 Å². The quantitative estimate of drug-likeness (QED) is 0.121. The maximum absolute atomic E-state index is 13.4. The van der Waals surface area contributed by atoms with Crippen LogP contribution >= 0.6 is 11.3 Å². The second-order valence-corrected chi connectivity index (χ2v) is 9.59. The fraction of sp³-hybridized carbons (Fsp3) is 0.241. The number of benzene rings is 2. The topological polar surface area (TPSA) is 115 Å². The molecule has 4 rings (SSSR count). The number of carbonyl (C=O) groups is 3. The molecule has 10 heteroatoms. The maximum Gasteiger partial charge on any atom is 0.350 e. The van der Waals surface area contributed by atoms with Crippen LogP contribution in [0.25, 0.3) is 5.76 Å². The Labute approximate surface area is 230 Å². The van der Waals surface area contributed by atoms with Gasteiger partial charge in [-0.2, -0.15) is 0 Å². The number of carbonyl (C=O) groups excluding carboxylic acids is 3. The summed E-state index contributed by atoms with van der Waals surface area (Å²) in [6.45, 7) is 7.63. The highest BCUT2D eigenvalue weighted by Crippen LogP contribution is 2.44. The molecule has 39 heavy (non-hydrogen) atoms. The van der Waals surface area contributed by atoms with E-state index in [0.29, 0.717) is 34.9 Å². The molecular weight excluding hydrogens is 520 g/mol. The van der Waals surface area contributed by atoms with Gasteiger partial charge >= 0.3 is 11.9 Å². The number of aliphatic hydroxyl groups is 1. The number of hydrogen-bond donors (Lipinski definition) is 1. The molecular formula is C29H28N2O7S. The number of ether oxygens (including phenoxy) is 3. The predicted octanol–water partition coefficient (Wildman–Crippen LogP) is 5.22. The number of thiazole rings is 1. The van der Waals surface area contributed by atoms with Crippen LogP contribution in [0.5, 0.6) is 11.5 Å². The first-order valence-electron chi connectivity index (χ1n) is 12.2. The SMILES string of the molecule is C=CCOC(=O)c1sc(N2C(=O)C(=O)C(=C(O)c3cccc(OCCC)c3)C2c2ccc(OC)cc2)nc1C. The van der Waals surface area contributed by atoms with Crippen molar-refractivity contribution in [2.75, 3.05) is 25.2 Å². The van der Waals surface area contributed by atoms with Gasteiger partial charge in [0.25, 0.3) is 5.78 Å². The second-order valence-electron chi connectivity index (χ2n) is 8.62. The van der Waals surface area contributed by atoms with Gasteiger partial charge < -0.3 is 19.3 Å². The lowest BCUT2D eigenvalue weighted by Crippen LogP contribution is -2.29. The van der Waals surface area contributed by atoms with Crippen LogP contribution in [0.3, 0.4) is 0 Å². The molecule has 2 heterocycles. The van der Waals surface area contributed by atoms with Crippen LogP contribution in [-0.4, -0.2) is 48.1 Å². The Kier molecular flexibility index (Phi) is 8.46. The van der Waals surface area contributed by atoms with Crippen molar-refractivity contribution in [3.05, 3.63) is 88.5 Å². The Balaban J connectivity index is 1.86. The minimum Gasteiger partial charge on any atom is -0.507 e. The monoisotopic (exact) mass is 548 g/mol. The van der Waals surface area contributed by atoms with Gasteiger partial charge in [-0.3, -0.25) is 14.5 Å². The average Bonchev–Trinajstić information content (AvgIpc) is 3.46. The molecule has 1 fully saturated rings. The Hall–Kier alpha value is -4.44. The summed E-state index contributed by atoms with van der Waals surface area (Å²) >= 11 is 0.932. The number of Topliss-reactive ketones (excluding diaryl/α,β-unsaturated/α-hetero) is 1. The number of anilines is 1. The number of aryl methyl sites for hydroxylation is 1. The Bertz CT molecular complexity index is 1440. The Morgan fingerprint density at radius 3 is 2.59 bits per heavy atom. The maximum atomic E-state index is 13.4. The summed E-state index contributed by atoms with van der Waals surface area (Å²) in [7, 11) is 1.53. The van der Waals surface area contributed by atoms with Gasteiger partial charge in [0.1, 0.15) is 28.7 Å². The number of esters is 1. The normalized spacial score (nSPS) is 16.3. The molecule has 1 aliphatic heterocycles. The van der Waals surface area contributed by atoms with Crippen molar-refractivity contribution >= 4 is 39.9 Å². The molecule has 9 nitrogen and oxygen atoms in total. The number of nitrogens with zero attached hydrogens (tertiary/aromatic N) is 2. The lowest BCUT2D eigenvalue weighted by Gasteiger charge is -2.23. The van der Waals surface area contributed by atoms with Crippen molar-refractivity contribution in [2.24, 2.45) is 0 Å². The summed E-state index contributed by atoms with van der Waals surface area (Å²) in [4.78, 5) is 45.3. The number of methoxy groups -OCH3 is 1. The minimum atomic E-state index is -1.02. The van der Waals surface area contributed by atoms with E-state index in [-0.39, 0.29) is 27.9 Å². The van der Waals surface area contributed by atoms with E-state index in [2.05, 4.69) is 11.6 Å². The minimum absolute atomic E-state index is 0.0168. The Morgan fingerprint density at radius 1 is 1.18 bits per heavy atom. The lowest BCUT2D eigenvalue weighted by atomic mass is 9.95. The lowest BCUT2D eigenvalue weighted by molar-refractivity contribution is -0.132. The van der Waals surface area contributed by atoms with Crippen molar-refractivity contribution in [3.8, 4) is 11.5 Å². The largest absolute Gasteiger partial charge is 0.507 e. The Morgan fingerprint density at radius 2 is 1.92 bits per heavy atom. The summed E-state index contributed by atoms with van der Waals surface area (Å²) in [6.07, 6.45) is 2.24. The van der Waals surface area contributed by atoms with Gasteiger partial charge in [-0.15, -0.1) is 0 Å². The molecule has 0 radical (unpaired) electrons. The zero-order valence-corrected chi connectivity index (χ0v) is 22.6. The molecule has 1 aliphatic rings. The summed E-state index contributed by atoms with van der Waals surface area (Å²) < 4.78 is 16.1. The van der Waals surface area contributed by atoms with Gasteiger partial charge in [-0.05, 0) is 43.2 Å². The molecule has 1 unspecified atom stereocenters. The summed E-state index contributed by atoms with van der Waals surface area (Å²) in [6, 6.07) is 12.5. The van der Waals surface area contributed by atoms with Crippen LogP contribution in [0.4, 0.5) is 5.13 Å². The molecule has 2 aromatic carbocycles. The fourth-order valence-corrected chi connectivity index (χ4v) is 5.10. The zero-order chi connectivity index (χ0) is 28.1. The van der Waals surface area contributed by atoms with E-state index in [1.807, 2.05) is 6.92 Å². The summed E-state index contributed by atoms with van der Waals surface area (Å²) in [5.74, 6) is -1.62. The van der Waals surface area contributed by atoms with Gasteiger partial charge in [0, 0.05) is 5.56 Å². The van der Waals surface area contributed by atoms with Crippen LogP contribution in [0.15, 0.2) is 66.8 Å². The van der Waals surface area contributed by atoms with E-state index >= 15 is 0 Å². The standard InChI is InChI=1S/C29H28N2O7S/c1-5-14-37-21-9-7-8-19(16-21)24(32)22-23(18-10-12-20(36-4)13-11-18)31(27(34)25(22)33)29-30-17(3)26(39-29)28(35)38-15-6-2/h6-13,16,23,32H,2,5,14-15H2,1,3-4H3. The average molecular weight is 549 g/mol. The molecule has 202 valence electrons.